The van der Waals surface area contributed by atoms with Gasteiger partial charge in [0.15, 0.2) is 0 Å². The third-order valence-electron chi connectivity index (χ3n) is 3.86. The van der Waals surface area contributed by atoms with Gasteiger partial charge in [0.2, 0.25) is 11.8 Å². The van der Waals surface area contributed by atoms with Crippen LogP contribution >= 0.6 is 0 Å². The minimum absolute atomic E-state index is 0.156. The van der Waals surface area contributed by atoms with Crippen LogP contribution in [-0.4, -0.2) is 42.4 Å². The molecule has 0 bridgehead atoms. The summed E-state index contributed by atoms with van der Waals surface area (Å²) in [6.45, 7) is 2.66. The molecule has 0 aliphatic carbocycles. The molecule has 1 heterocycles. The maximum absolute atomic E-state index is 13.5. The number of carbonyl (C=O) groups excluding carboxylic acids is 2. The van der Waals surface area contributed by atoms with Gasteiger partial charge in [0.05, 0.1) is 12.6 Å². The number of nitrogens with zero attached hydrogens (tertiary/aromatic N) is 1. The molecule has 1 fully saturated rings. The van der Waals surface area contributed by atoms with Crippen LogP contribution in [0, 0.1) is 11.6 Å². The van der Waals surface area contributed by atoms with E-state index in [-0.39, 0.29) is 18.5 Å². The van der Waals surface area contributed by atoms with Crippen molar-refractivity contribution in [2.45, 2.75) is 32.2 Å². The number of carbonyl (C=O) groups is 2. The number of hydrogen-bond donors (Lipinski definition) is 2. The predicted octanol–water partition coefficient (Wildman–Crippen LogP) is 1.89. The smallest absolute Gasteiger partial charge is 0.244 e. The Balaban J connectivity index is 1.98. The second-order valence-corrected chi connectivity index (χ2v) is 5.50. The molecule has 2 rings (SSSR count). The molecule has 1 aliphatic heterocycles. The molecule has 1 aromatic carbocycles. The summed E-state index contributed by atoms with van der Waals surface area (Å²) in [5.41, 5.74) is -0.489. The number of rotatable bonds is 5. The van der Waals surface area contributed by atoms with E-state index < -0.39 is 23.2 Å². The zero-order chi connectivity index (χ0) is 16.8. The molecule has 5 nitrogen and oxygen atoms in total. The number of likely N-dealkylation sites (N-methyl/N-ethyl adjacent to an activating group) is 1. The Bertz CT molecular complexity index is 554. The summed E-state index contributed by atoms with van der Waals surface area (Å²) in [5.74, 6) is -2.47. The standard InChI is InChI=1S/C16H21F2N3O2/c1-2-21(16(23)13-8-3-4-9-19-13)10-14(22)20-15-11(17)6-5-7-12(15)18/h5-7,13,19H,2-4,8-10H2,1H3,(H,20,22). The lowest BCUT2D eigenvalue weighted by Crippen LogP contribution is -2.50. The molecule has 23 heavy (non-hydrogen) atoms. The SMILES string of the molecule is CCN(CC(=O)Nc1c(F)cccc1F)C(=O)C1CCCCN1. The Morgan fingerprint density at radius 2 is 2.00 bits per heavy atom. The lowest BCUT2D eigenvalue weighted by atomic mass is 10.0. The highest BCUT2D eigenvalue weighted by atomic mass is 19.1. The molecule has 0 saturated carbocycles. The fraction of sp³-hybridized carbons (Fsp3) is 0.500. The largest absolute Gasteiger partial charge is 0.332 e. The van der Waals surface area contributed by atoms with Crippen molar-refractivity contribution in [3.8, 4) is 0 Å². The van der Waals surface area contributed by atoms with E-state index in [1.54, 1.807) is 6.92 Å². The van der Waals surface area contributed by atoms with E-state index in [0.29, 0.717) is 6.54 Å². The second kappa shape index (κ2) is 8.01. The highest BCUT2D eigenvalue weighted by molar-refractivity contribution is 5.95. The van der Waals surface area contributed by atoms with E-state index in [1.807, 2.05) is 0 Å². The maximum Gasteiger partial charge on any atom is 0.244 e. The van der Waals surface area contributed by atoms with E-state index >= 15 is 0 Å². The molecular weight excluding hydrogens is 304 g/mol. The number of nitrogens with one attached hydrogen (secondary N) is 2. The predicted molar refractivity (Wildman–Crippen MR) is 82.9 cm³/mol. The van der Waals surface area contributed by atoms with Crippen LogP contribution < -0.4 is 10.6 Å². The number of amides is 2. The van der Waals surface area contributed by atoms with Crippen molar-refractivity contribution in [1.82, 2.24) is 10.2 Å². The maximum atomic E-state index is 13.5. The van der Waals surface area contributed by atoms with Gasteiger partial charge in [0, 0.05) is 6.54 Å². The molecule has 0 aromatic heterocycles. The molecule has 0 radical (unpaired) electrons. The van der Waals surface area contributed by atoms with Gasteiger partial charge >= 0.3 is 0 Å². The van der Waals surface area contributed by atoms with Gasteiger partial charge in [-0.3, -0.25) is 9.59 Å². The van der Waals surface area contributed by atoms with Crippen molar-refractivity contribution in [2.24, 2.45) is 0 Å². The van der Waals surface area contributed by atoms with Gasteiger partial charge in [-0.2, -0.15) is 0 Å². The number of piperidine rings is 1. The number of hydrogen-bond acceptors (Lipinski definition) is 3. The summed E-state index contributed by atoms with van der Waals surface area (Å²) in [4.78, 5) is 25.8. The molecule has 1 atom stereocenters. The Labute approximate surface area is 134 Å². The van der Waals surface area contributed by atoms with Gasteiger partial charge in [-0.25, -0.2) is 8.78 Å². The minimum atomic E-state index is -0.846. The van der Waals surface area contributed by atoms with E-state index in [2.05, 4.69) is 10.6 Å². The molecule has 1 saturated heterocycles. The van der Waals surface area contributed by atoms with Crippen LogP contribution in [0.1, 0.15) is 26.2 Å². The molecule has 1 unspecified atom stereocenters. The Morgan fingerprint density at radius 3 is 2.57 bits per heavy atom. The summed E-state index contributed by atoms with van der Waals surface area (Å²) in [6.07, 6.45) is 2.73. The summed E-state index contributed by atoms with van der Waals surface area (Å²) >= 11 is 0. The molecule has 0 spiro atoms. The molecule has 2 amide bonds. The van der Waals surface area contributed by atoms with Crippen LogP contribution in [0.2, 0.25) is 0 Å². The first kappa shape index (κ1) is 17.3. The zero-order valence-electron chi connectivity index (χ0n) is 13.1. The highest BCUT2D eigenvalue weighted by Gasteiger charge is 2.26. The van der Waals surface area contributed by atoms with Crippen molar-refractivity contribution in [2.75, 3.05) is 25.0 Å². The number of benzene rings is 1. The van der Waals surface area contributed by atoms with E-state index in [1.165, 1.54) is 11.0 Å². The van der Waals surface area contributed by atoms with Crippen LogP contribution in [0.3, 0.4) is 0 Å². The lowest BCUT2D eigenvalue weighted by molar-refractivity contribution is -0.136. The first-order chi connectivity index (χ1) is 11.0. The van der Waals surface area contributed by atoms with Gasteiger partial charge in [0.1, 0.15) is 17.3 Å². The third-order valence-corrected chi connectivity index (χ3v) is 3.86. The Morgan fingerprint density at radius 1 is 1.30 bits per heavy atom. The molecule has 7 heteroatoms. The van der Waals surface area contributed by atoms with E-state index in [0.717, 1.165) is 37.9 Å². The van der Waals surface area contributed by atoms with E-state index in [4.69, 9.17) is 0 Å². The lowest BCUT2D eigenvalue weighted by Gasteiger charge is -2.29. The van der Waals surface area contributed by atoms with Crippen LogP contribution in [0.15, 0.2) is 18.2 Å². The second-order valence-electron chi connectivity index (χ2n) is 5.50. The average molecular weight is 325 g/mol. The van der Waals surface area contributed by atoms with Crippen molar-refractivity contribution in [1.29, 1.82) is 0 Å². The first-order valence-corrected chi connectivity index (χ1v) is 7.79. The Kier molecular flexibility index (Phi) is 6.04. The van der Waals surface area contributed by atoms with Crippen LogP contribution in [0.25, 0.3) is 0 Å². The molecule has 126 valence electrons. The topological polar surface area (TPSA) is 61.4 Å². The van der Waals surface area contributed by atoms with Crippen molar-refractivity contribution < 1.29 is 18.4 Å². The average Bonchev–Trinajstić information content (AvgIpc) is 2.56. The summed E-state index contributed by atoms with van der Waals surface area (Å²) in [7, 11) is 0. The Hall–Kier alpha value is -2.02. The highest BCUT2D eigenvalue weighted by Crippen LogP contribution is 2.18. The number of para-hydroxylation sites is 1. The fourth-order valence-corrected chi connectivity index (χ4v) is 2.60. The fourth-order valence-electron chi connectivity index (χ4n) is 2.60. The monoisotopic (exact) mass is 325 g/mol. The van der Waals surface area contributed by atoms with Gasteiger partial charge in [0.25, 0.3) is 0 Å². The van der Waals surface area contributed by atoms with Crippen LogP contribution in [-0.2, 0) is 9.59 Å². The molecule has 1 aliphatic rings. The van der Waals surface area contributed by atoms with Crippen molar-refractivity contribution >= 4 is 17.5 Å². The number of anilines is 1. The number of halogens is 2. The quantitative estimate of drug-likeness (QED) is 0.869. The van der Waals surface area contributed by atoms with Gasteiger partial charge in [-0.1, -0.05) is 12.5 Å². The van der Waals surface area contributed by atoms with Crippen molar-refractivity contribution in [3.63, 3.8) is 0 Å². The summed E-state index contributed by atoms with van der Waals surface area (Å²) in [5, 5.41) is 5.33. The first-order valence-electron chi connectivity index (χ1n) is 7.79. The zero-order valence-corrected chi connectivity index (χ0v) is 13.1. The molecule has 2 N–H and O–H groups in total. The molecular formula is C16H21F2N3O2. The molecule has 1 aromatic rings. The van der Waals surface area contributed by atoms with Gasteiger partial charge in [-0.05, 0) is 38.4 Å². The van der Waals surface area contributed by atoms with Crippen molar-refractivity contribution in [3.05, 3.63) is 29.8 Å². The third kappa shape index (κ3) is 4.48. The minimum Gasteiger partial charge on any atom is -0.332 e. The van der Waals surface area contributed by atoms with E-state index in [9.17, 15) is 18.4 Å². The summed E-state index contributed by atoms with van der Waals surface area (Å²) in [6, 6.07) is 3.05. The summed E-state index contributed by atoms with van der Waals surface area (Å²) < 4.78 is 27.1. The normalized spacial score (nSPS) is 17.6. The van der Waals surface area contributed by atoms with Crippen LogP contribution in [0.5, 0.6) is 0 Å². The van der Waals surface area contributed by atoms with Gasteiger partial charge in [-0.15, -0.1) is 0 Å². The van der Waals surface area contributed by atoms with Gasteiger partial charge < -0.3 is 15.5 Å². The van der Waals surface area contributed by atoms with Crippen LogP contribution in [0.4, 0.5) is 14.5 Å².